The molecule has 0 aliphatic rings. The van der Waals surface area contributed by atoms with E-state index in [9.17, 15) is 9.59 Å². The van der Waals surface area contributed by atoms with Crippen molar-refractivity contribution in [3.8, 4) is 5.75 Å². The van der Waals surface area contributed by atoms with Gasteiger partial charge in [-0.05, 0) is 36.6 Å². The molecule has 4 nitrogen and oxygen atoms in total. The van der Waals surface area contributed by atoms with E-state index in [1.54, 1.807) is 14.0 Å². The minimum absolute atomic E-state index is 0.386. The lowest BCUT2D eigenvalue weighted by atomic mass is 9.75. The van der Waals surface area contributed by atoms with Crippen molar-refractivity contribution in [1.29, 1.82) is 0 Å². The number of rotatable bonds is 7. The fraction of sp³-hybridized carbons (Fsp3) is 0.238. The Morgan fingerprint density at radius 1 is 1.00 bits per heavy atom. The number of Topliss-reactive ketones (excluding diaryl/α,β-unsaturated/α-hetero) is 1. The molecule has 25 heavy (non-hydrogen) atoms. The Balaban J connectivity index is 2.25. The molecular formula is C21H22O4. The van der Waals surface area contributed by atoms with E-state index in [2.05, 4.69) is 4.74 Å². The number of benzene rings is 2. The van der Waals surface area contributed by atoms with Gasteiger partial charge in [0.1, 0.15) is 5.75 Å². The van der Waals surface area contributed by atoms with Crippen molar-refractivity contribution in [2.75, 3.05) is 14.2 Å². The van der Waals surface area contributed by atoms with E-state index in [0.29, 0.717) is 6.42 Å². The van der Waals surface area contributed by atoms with Crippen LogP contribution in [0.25, 0.3) is 6.08 Å². The number of methoxy groups -OCH3 is 2. The maximum Gasteiger partial charge on any atom is 0.375 e. The van der Waals surface area contributed by atoms with Crippen molar-refractivity contribution in [2.45, 2.75) is 18.8 Å². The zero-order valence-electron chi connectivity index (χ0n) is 14.7. The van der Waals surface area contributed by atoms with E-state index >= 15 is 0 Å². The molecule has 130 valence electrons. The van der Waals surface area contributed by atoms with E-state index in [0.717, 1.165) is 16.9 Å². The summed E-state index contributed by atoms with van der Waals surface area (Å²) in [5, 5.41) is 0. The van der Waals surface area contributed by atoms with Crippen LogP contribution < -0.4 is 4.74 Å². The van der Waals surface area contributed by atoms with Gasteiger partial charge in [0.25, 0.3) is 5.78 Å². The predicted molar refractivity (Wildman–Crippen MR) is 97.5 cm³/mol. The van der Waals surface area contributed by atoms with E-state index in [4.69, 9.17) is 4.74 Å². The highest BCUT2D eigenvalue weighted by Crippen LogP contribution is 2.30. The van der Waals surface area contributed by atoms with Crippen LogP contribution >= 0.6 is 0 Å². The lowest BCUT2D eigenvalue weighted by Crippen LogP contribution is -2.38. The van der Waals surface area contributed by atoms with E-state index < -0.39 is 17.2 Å². The molecular weight excluding hydrogens is 316 g/mol. The fourth-order valence-electron chi connectivity index (χ4n) is 2.61. The molecule has 2 rings (SSSR count). The summed E-state index contributed by atoms with van der Waals surface area (Å²) in [4.78, 5) is 24.4. The minimum atomic E-state index is -0.975. The van der Waals surface area contributed by atoms with Gasteiger partial charge in [-0.3, -0.25) is 4.79 Å². The predicted octanol–water partition coefficient (Wildman–Crippen LogP) is 3.80. The molecule has 0 aromatic heterocycles. The third kappa shape index (κ3) is 4.35. The zero-order chi connectivity index (χ0) is 18.3. The van der Waals surface area contributed by atoms with Crippen LogP contribution in [0.4, 0.5) is 0 Å². The number of hydrogen-bond donors (Lipinski definition) is 0. The van der Waals surface area contributed by atoms with Gasteiger partial charge in [0.2, 0.25) is 0 Å². The topological polar surface area (TPSA) is 52.6 Å². The normalized spacial score (nSPS) is 13.2. The highest BCUT2D eigenvalue weighted by molar-refractivity contribution is 6.37. The molecule has 0 bridgehead atoms. The molecule has 0 heterocycles. The van der Waals surface area contributed by atoms with Gasteiger partial charge in [0, 0.05) is 0 Å². The van der Waals surface area contributed by atoms with Crippen molar-refractivity contribution in [3.05, 3.63) is 71.8 Å². The third-order valence-corrected chi connectivity index (χ3v) is 4.24. The summed E-state index contributed by atoms with van der Waals surface area (Å²) in [6.07, 6.45) is 4.21. The first-order valence-electron chi connectivity index (χ1n) is 8.00. The molecule has 4 heteroatoms. The summed E-state index contributed by atoms with van der Waals surface area (Å²) in [6.45, 7) is 1.76. The van der Waals surface area contributed by atoms with Crippen molar-refractivity contribution in [3.63, 3.8) is 0 Å². The van der Waals surface area contributed by atoms with Gasteiger partial charge in [-0.1, -0.05) is 54.6 Å². The van der Waals surface area contributed by atoms with E-state index in [1.807, 2.05) is 66.7 Å². The summed E-state index contributed by atoms with van der Waals surface area (Å²) in [6, 6.07) is 16.9. The second-order valence-electron chi connectivity index (χ2n) is 5.90. The Bertz CT molecular complexity index is 747. The van der Waals surface area contributed by atoms with Gasteiger partial charge in [-0.25, -0.2) is 4.79 Å². The molecule has 0 aliphatic carbocycles. The van der Waals surface area contributed by atoms with Gasteiger partial charge >= 0.3 is 5.97 Å². The number of carbonyl (C=O) groups is 2. The maximum absolute atomic E-state index is 12.6. The Morgan fingerprint density at radius 3 is 2.20 bits per heavy atom. The van der Waals surface area contributed by atoms with Gasteiger partial charge < -0.3 is 9.47 Å². The molecule has 0 radical (unpaired) electrons. The van der Waals surface area contributed by atoms with Crippen molar-refractivity contribution in [2.24, 2.45) is 0 Å². The smallest absolute Gasteiger partial charge is 0.375 e. The molecule has 1 unspecified atom stereocenters. The van der Waals surface area contributed by atoms with Crippen LogP contribution in [0, 0.1) is 0 Å². The van der Waals surface area contributed by atoms with Crippen LogP contribution in [0.5, 0.6) is 5.75 Å². The average molecular weight is 338 g/mol. The number of hydrogen-bond acceptors (Lipinski definition) is 4. The average Bonchev–Trinajstić information content (AvgIpc) is 2.67. The summed E-state index contributed by atoms with van der Waals surface area (Å²) in [5.74, 6) is -0.600. The van der Waals surface area contributed by atoms with Crippen molar-refractivity contribution in [1.82, 2.24) is 0 Å². The first-order valence-corrected chi connectivity index (χ1v) is 8.00. The molecule has 0 aliphatic heterocycles. The quantitative estimate of drug-likeness (QED) is 0.569. The molecule has 0 fully saturated rings. The Morgan fingerprint density at radius 2 is 1.64 bits per heavy atom. The number of allylic oxidation sites excluding steroid dienone is 1. The SMILES string of the molecule is COC(=O)C(=O)C(C)(C/C=C/c1ccc(OC)cc1)c1ccccc1. The molecule has 0 spiro atoms. The molecule has 2 aromatic carbocycles. The van der Waals surface area contributed by atoms with Crippen LogP contribution in [-0.2, 0) is 19.7 Å². The number of carbonyl (C=O) groups excluding carboxylic acids is 2. The van der Waals surface area contributed by atoms with Crippen LogP contribution in [0.3, 0.4) is 0 Å². The second-order valence-corrected chi connectivity index (χ2v) is 5.90. The van der Waals surface area contributed by atoms with Crippen LogP contribution in [0.2, 0.25) is 0 Å². The lowest BCUT2D eigenvalue weighted by Gasteiger charge is -2.26. The Kier molecular flexibility index (Phi) is 6.12. The Hall–Kier alpha value is -2.88. The minimum Gasteiger partial charge on any atom is -0.497 e. The zero-order valence-corrected chi connectivity index (χ0v) is 14.7. The molecule has 0 saturated carbocycles. The highest BCUT2D eigenvalue weighted by Gasteiger charge is 2.38. The number of ketones is 1. The molecule has 0 amide bonds. The van der Waals surface area contributed by atoms with E-state index in [1.165, 1.54) is 7.11 Å². The van der Waals surface area contributed by atoms with Gasteiger partial charge in [-0.15, -0.1) is 0 Å². The first kappa shape index (κ1) is 18.5. The lowest BCUT2D eigenvalue weighted by molar-refractivity contribution is -0.154. The summed E-state index contributed by atoms with van der Waals surface area (Å²) in [7, 11) is 2.84. The van der Waals surface area contributed by atoms with Crippen LogP contribution in [0.1, 0.15) is 24.5 Å². The first-order chi connectivity index (χ1) is 12.0. The number of ether oxygens (including phenoxy) is 2. The van der Waals surface area contributed by atoms with E-state index in [-0.39, 0.29) is 0 Å². The fourth-order valence-corrected chi connectivity index (χ4v) is 2.61. The van der Waals surface area contributed by atoms with Crippen LogP contribution in [0.15, 0.2) is 60.7 Å². The van der Waals surface area contributed by atoms with Gasteiger partial charge in [-0.2, -0.15) is 0 Å². The summed E-state index contributed by atoms with van der Waals surface area (Å²) >= 11 is 0. The molecule has 0 saturated heterocycles. The van der Waals surface area contributed by atoms with Gasteiger partial charge in [0.05, 0.1) is 19.6 Å². The highest BCUT2D eigenvalue weighted by atomic mass is 16.5. The molecule has 2 aromatic rings. The largest absolute Gasteiger partial charge is 0.497 e. The molecule has 1 atom stereocenters. The Labute approximate surface area is 148 Å². The van der Waals surface area contributed by atoms with Crippen LogP contribution in [-0.4, -0.2) is 26.0 Å². The number of esters is 1. The van der Waals surface area contributed by atoms with Gasteiger partial charge in [0.15, 0.2) is 0 Å². The standard InChI is InChI=1S/C21H22O4/c1-21(19(22)20(23)25-3,17-9-5-4-6-10-17)15-7-8-16-11-13-18(24-2)14-12-16/h4-14H,15H2,1-3H3/b8-7+. The van der Waals surface area contributed by atoms with Crippen molar-refractivity contribution >= 4 is 17.8 Å². The monoisotopic (exact) mass is 338 g/mol. The molecule has 0 N–H and O–H groups in total. The van der Waals surface area contributed by atoms with Crippen molar-refractivity contribution < 1.29 is 19.1 Å². The maximum atomic E-state index is 12.6. The summed E-state index contributed by atoms with van der Waals surface area (Å²) < 4.78 is 9.78. The third-order valence-electron chi connectivity index (χ3n) is 4.24. The second kappa shape index (κ2) is 8.29. The summed E-state index contributed by atoms with van der Waals surface area (Å²) in [5.41, 5.74) is 0.795.